The van der Waals surface area contributed by atoms with E-state index in [1.165, 1.54) is 21.7 Å². The molecule has 0 aromatic heterocycles. The zero-order valence-corrected chi connectivity index (χ0v) is 13.9. The van der Waals surface area contributed by atoms with Crippen molar-refractivity contribution in [2.24, 2.45) is 0 Å². The van der Waals surface area contributed by atoms with Gasteiger partial charge in [-0.05, 0) is 24.1 Å². The van der Waals surface area contributed by atoms with Crippen LogP contribution in [0.5, 0.6) is 0 Å². The number of methoxy groups -OCH3 is 1. The van der Waals surface area contributed by atoms with Gasteiger partial charge in [-0.3, -0.25) is 0 Å². The van der Waals surface area contributed by atoms with Crippen molar-refractivity contribution in [2.45, 2.75) is 26.5 Å². The Bertz CT molecular complexity index is 517. The van der Waals surface area contributed by atoms with Crippen molar-refractivity contribution in [3.63, 3.8) is 0 Å². The van der Waals surface area contributed by atoms with E-state index in [4.69, 9.17) is 4.74 Å². The van der Waals surface area contributed by atoms with E-state index < -0.39 is 10.0 Å². The van der Waals surface area contributed by atoms with Gasteiger partial charge in [-0.2, -0.15) is 0 Å². The molecule has 0 atom stereocenters. The van der Waals surface area contributed by atoms with Gasteiger partial charge in [0.25, 0.3) is 0 Å². The summed E-state index contributed by atoms with van der Waals surface area (Å²) in [6.07, 6.45) is 2.05. The quantitative estimate of drug-likeness (QED) is 0.666. The van der Waals surface area contributed by atoms with Crippen LogP contribution in [0.25, 0.3) is 0 Å². The molecule has 0 aliphatic rings. The summed E-state index contributed by atoms with van der Waals surface area (Å²) in [5.74, 6) is 0. The lowest BCUT2D eigenvalue weighted by Crippen LogP contribution is -2.32. The SMILES string of the molecule is CCN(CCCNCc1ccccc1COC)S(C)(=O)=O. The van der Waals surface area contributed by atoms with Crippen LogP contribution < -0.4 is 5.32 Å². The highest BCUT2D eigenvalue weighted by Gasteiger charge is 2.12. The third-order valence-corrected chi connectivity index (χ3v) is 4.70. The molecule has 0 aliphatic carbocycles. The van der Waals surface area contributed by atoms with Gasteiger partial charge in [0.2, 0.25) is 10.0 Å². The molecule has 0 fully saturated rings. The fourth-order valence-corrected chi connectivity index (χ4v) is 3.12. The average molecular weight is 314 g/mol. The third kappa shape index (κ3) is 6.56. The molecule has 0 saturated carbocycles. The van der Waals surface area contributed by atoms with E-state index in [2.05, 4.69) is 17.4 Å². The highest BCUT2D eigenvalue weighted by molar-refractivity contribution is 7.88. The maximum absolute atomic E-state index is 11.5. The van der Waals surface area contributed by atoms with Crippen molar-refractivity contribution in [2.75, 3.05) is 33.0 Å². The van der Waals surface area contributed by atoms with Crippen LogP contribution in [0.4, 0.5) is 0 Å². The minimum atomic E-state index is -3.08. The molecular formula is C15H26N2O3S. The minimum Gasteiger partial charge on any atom is -0.380 e. The van der Waals surface area contributed by atoms with Crippen LogP contribution in [0.2, 0.25) is 0 Å². The summed E-state index contributed by atoms with van der Waals surface area (Å²) >= 11 is 0. The molecule has 1 aromatic rings. The van der Waals surface area contributed by atoms with Crippen LogP contribution >= 0.6 is 0 Å². The van der Waals surface area contributed by atoms with Gasteiger partial charge in [0, 0.05) is 26.7 Å². The first-order valence-electron chi connectivity index (χ1n) is 7.20. The van der Waals surface area contributed by atoms with E-state index in [0.29, 0.717) is 19.7 Å². The summed E-state index contributed by atoms with van der Waals surface area (Å²) < 4.78 is 29.6. The summed E-state index contributed by atoms with van der Waals surface area (Å²) in [7, 11) is -1.39. The minimum absolute atomic E-state index is 0.523. The van der Waals surface area contributed by atoms with Crippen molar-refractivity contribution >= 4 is 10.0 Å². The number of nitrogens with one attached hydrogen (secondary N) is 1. The van der Waals surface area contributed by atoms with E-state index in [9.17, 15) is 8.42 Å². The van der Waals surface area contributed by atoms with Crippen LogP contribution in [0.3, 0.4) is 0 Å². The molecule has 0 bridgehead atoms. The zero-order valence-electron chi connectivity index (χ0n) is 13.1. The first-order valence-corrected chi connectivity index (χ1v) is 9.05. The molecule has 1 aromatic carbocycles. The standard InChI is InChI=1S/C15H26N2O3S/c1-4-17(21(3,18)19)11-7-10-16-12-14-8-5-6-9-15(14)13-20-2/h5-6,8-9,16H,4,7,10-13H2,1-3H3. The molecule has 0 unspecified atom stereocenters. The predicted molar refractivity (Wildman–Crippen MR) is 85.6 cm³/mol. The van der Waals surface area contributed by atoms with Gasteiger partial charge in [-0.15, -0.1) is 0 Å². The first-order chi connectivity index (χ1) is 9.99. The number of hydrogen-bond donors (Lipinski definition) is 1. The lowest BCUT2D eigenvalue weighted by atomic mass is 10.1. The topological polar surface area (TPSA) is 58.6 Å². The second-order valence-corrected chi connectivity index (χ2v) is 6.97. The lowest BCUT2D eigenvalue weighted by Gasteiger charge is -2.17. The van der Waals surface area contributed by atoms with Gasteiger partial charge in [-0.1, -0.05) is 31.2 Å². The molecule has 5 nitrogen and oxygen atoms in total. The van der Waals surface area contributed by atoms with Crippen LogP contribution in [0.15, 0.2) is 24.3 Å². The molecule has 0 aliphatic heterocycles. The third-order valence-electron chi connectivity index (χ3n) is 3.32. The van der Waals surface area contributed by atoms with Crippen molar-refractivity contribution < 1.29 is 13.2 Å². The molecule has 120 valence electrons. The van der Waals surface area contributed by atoms with Crippen LogP contribution in [0.1, 0.15) is 24.5 Å². The Morgan fingerprint density at radius 2 is 1.90 bits per heavy atom. The number of rotatable bonds is 10. The van der Waals surface area contributed by atoms with Gasteiger partial charge < -0.3 is 10.1 Å². The second kappa shape index (κ2) is 9.15. The van der Waals surface area contributed by atoms with Crippen LogP contribution in [-0.2, 0) is 27.9 Å². The molecule has 0 saturated heterocycles. The van der Waals surface area contributed by atoms with Crippen molar-refractivity contribution in [1.29, 1.82) is 0 Å². The summed E-state index contributed by atoms with van der Waals surface area (Å²) in [6.45, 7) is 5.10. The average Bonchev–Trinajstić information content (AvgIpc) is 2.43. The second-order valence-electron chi connectivity index (χ2n) is 4.99. The van der Waals surface area contributed by atoms with Crippen LogP contribution in [-0.4, -0.2) is 45.7 Å². The van der Waals surface area contributed by atoms with Gasteiger partial charge in [0.1, 0.15) is 0 Å². The summed E-state index contributed by atoms with van der Waals surface area (Å²) in [5.41, 5.74) is 2.40. The summed E-state index contributed by atoms with van der Waals surface area (Å²) in [4.78, 5) is 0. The van der Waals surface area contributed by atoms with Gasteiger partial charge in [-0.25, -0.2) is 12.7 Å². The monoisotopic (exact) mass is 314 g/mol. The summed E-state index contributed by atoms with van der Waals surface area (Å²) in [6, 6.07) is 8.15. The predicted octanol–water partition coefficient (Wildman–Crippen LogP) is 1.59. The van der Waals surface area contributed by atoms with E-state index >= 15 is 0 Å². The number of benzene rings is 1. The lowest BCUT2D eigenvalue weighted by molar-refractivity contribution is 0.184. The maximum atomic E-state index is 11.5. The Hall–Kier alpha value is -0.950. The van der Waals surface area contributed by atoms with Gasteiger partial charge in [0.05, 0.1) is 12.9 Å². The normalized spacial score (nSPS) is 12.0. The molecular weight excluding hydrogens is 288 g/mol. The molecule has 6 heteroatoms. The molecule has 0 spiro atoms. The largest absolute Gasteiger partial charge is 0.380 e. The Balaban J connectivity index is 2.35. The van der Waals surface area contributed by atoms with Gasteiger partial charge >= 0.3 is 0 Å². The summed E-state index contributed by atoms with van der Waals surface area (Å²) in [5, 5.41) is 3.35. The van der Waals surface area contributed by atoms with Crippen molar-refractivity contribution in [1.82, 2.24) is 9.62 Å². The van der Waals surface area contributed by atoms with Crippen molar-refractivity contribution in [3.05, 3.63) is 35.4 Å². The maximum Gasteiger partial charge on any atom is 0.211 e. The fraction of sp³-hybridized carbons (Fsp3) is 0.600. The van der Waals surface area contributed by atoms with Gasteiger partial charge in [0.15, 0.2) is 0 Å². The highest BCUT2D eigenvalue weighted by Crippen LogP contribution is 2.09. The molecule has 1 N–H and O–H groups in total. The molecule has 0 amide bonds. The number of hydrogen-bond acceptors (Lipinski definition) is 4. The number of ether oxygens (including phenoxy) is 1. The fourth-order valence-electron chi connectivity index (χ4n) is 2.19. The smallest absolute Gasteiger partial charge is 0.211 e. The number of sulfonamides is 1. The molecule has 0 heterocycles. The molecule has 0 radical (unpaired) electrons. The first kappa shape index (κ1) is 18.1. The molecule has 21 heavy (non-hydrogen) atoms. The Kier molecular flexibility index (Phi) is 7.88. The molecule has 1 rings (SSSR count). The van der Waals surface area contributed by atoms with E-state index in [0.717, 1.165) is 19.5 Å². The Labute approximate surface area is 128 Å². The van der Waals surface area contributed by atoms with E-state index in [1.807, 2.05) is 19.1 Å². The Morgan fingerprint density at radius 1 is 1.24 bits per heavy atom. The van der Waals surface area contributed by atoms with Crippen molar-refractivity contribution in [3.8, 4) is 0 Å². The zero-order chi connectivity index (χ0) is 15.7. The Morgan fingerprint density at radius 3 is 2.48 bits per heavy atom. The van der Waals surface area contributed by atoms with E-state index in [1.54, 1.807) is 7.11 Å². The van der Waals surface area contributed by atoms with Crippen LogP contribution in [0, 0.1) is 0 Å². The number of nitrogens with zero attached hydrogens (tertiary/aromatic N) is 1. The van der Waals surface area contributed by atoms with E-state index in [-0.39, 0.29) is 0 Å². The highest BCUT2D eigenvalue weighted by atomic mass is 32.2.